The fraction of sp³-hybridized carbons (Fsp3) is 0.0526. The molecule has 152 valence electrons. The zero-order valence-corrected chi connectivity index (χ0v) is 18.1. The third-order valence-electron chi connectivity index (χ3n) is 4.43. The molecule has 0 saturated carbocycles. The van der Waals surface area contributed by atoms with E-state index in [1.54, 1.807) is 18.2 Å². The molecular weight excluding hydrogens is 482 g/mol. The number of phenols is 2. The molecule has 3 N–H and O–H groups in total. The fourth-order valence-corrected chi connectivity index (χ4v) is 5.37. The van der Waals surface area contributed by atoms with Crippen molar-refractivity contribution in [3.8, 4) is 11.5 Å². The molecule has 0 aliphatic carbocycles. The molecule has 3 rings (SSSR count). The van der Waals surface area contributed by atoms with Gasteiger partial charge in [0.1, 0.15) is 10.8 Å². The van der Waals surface area contributed by atoms with Crippen molar-refractivity contribution in [1.29, 1.82) is 0 Å². The van der Waals surface area contributed by atoms with Crippen LogP contribution in [0.3, 0.4) is 0 Å². The topological polar surface area (TPSA) is 94.8 Å². The van der Waals surface area contributed by atoms with Crippen LogP contribution in [0.25, 0.3) is 0 Å². The quantitative estimate of drug-likeness (QED) is 0.239. The second kappa shape index (κ2) is 7.87. The minimum Gasteiger partial charge on any atom is -0.506 e. The van der Waals surface area contributed by atoms with E-state index in [0.29, 0.717) is 0 Å². The highest BCUT2D eigenvalue weighted by atomic mass is 35.5. The maximum absolute atomic E-state index is 12.9. The summed E-state index contributed by atoms with van der Waals surface area (Å²) in [4.78, 5) is 0. The van der Waals surface area contributed by atoms with Gasteiger partial charge in [-0.1, -0.05) is 82.8 Å². The van der Waals surface area contributed by atoms with E-state index in [9.17, 15) is 23.2 Å². The molecule has 29 heavy (non-hydrogen) atoms. The van der Waals surface area contributed by atoms with Gasteiger partial charge < -0.3 is 10.2 Å². The Morgan fingerprint density at radius 2 is 1.38 bits per heavy atom. The van der Waals surface area contributed by atoms with Crippen molar-refractivity contribution in [3.63, 3.8) is 0 Å². The average Bonchev–Trinajstić information content (AvgIpc) is 2.67. The minimum atomic E-state index is -5.02. The Morgan fingerprint density at radius 3 is 1.93 bits per heavy atom. The molecule has 0 aliphatic heterocycles. The Kier molecular flexibility index (Phi) is 5.98. The van der Waals surface area contributed by atoms with E-state index in [0.717, 1.165) is 12.1 Å². The molecule has 0 bridgehead atoms. The highest BCUT2D eigenvalue weighted by Gasteiger charge is 2.50. The van der Waals surface area contributed by atoms with Crippen LogP contribution >= 0.6 is 46.4 Å². The monoisotopic (exact) mass is 492 g/mol. The zero-order chi connectivity index (χ0) is 21.6. The minimum absolute atomic E-state index is 0.0288. The first kappa shape index (κ1) is 22.0. The highest BCUT2D eigenvalue weighted by molar-refractivity contribution is 7.87. The van der Waals surface area contributed by atoms with Crippen LogP contribution in [0.4, 0.5) is 0 Å². The van der Waals surface area contributed by atoms with Crippen LogP contribution in [0, 0.1) is 0 Å². The van der Waals surface area contributed by atoms with E-state index in [1.807, 2.05) is 0 Å². The van der Waals surface area contributed by atoms with Crippen molar-refractivity contribution in [2.45, 2.75) is 4.75 Å². The third kappa shape index (κ3) is 3.54. The van der Waals surface area contributed by atoms with Crippen molar-refractivity contribution in [2.24, 2.45) is 0 Å². The Bertz CT molecular complexity index is 1200. The smallest absolute Gasteiger partial charge is 0.283 e. The number of rotatable bonds is 4. The largest absolute Gasteiger partial charge is 0.506 e. The van der Waals surface area contributed by atoms with Gasteiger partial charge in [0, 0.05) is 5.56 Å². The standard InChI is InChI=1S/C19H12Cl4O5S/c20-13-7-6-11(8-15(13)24)19(29(26,27)28,10-4-2-1-3-5-10)12-9-14(21)18(25)17(23)16(12)22/h1-9,24-25H,(H,26,27,28). The van der Waals surface area contributed by atoms with Gasteiger partial charge in [0.15, 0.2) is 10.5 Å². The Labute approximate surface area is 186 Å². The van der Waals surface area contributed by atoms with Crippen molar-refractivity contribution in [2.75, 3.05) is 0 Å². The number of phenolic OH excluding ortho intramolecular Hbond substituents is 2. The predicted octanol–water partition coefficient (Wildman–Crippen LogP) is 5.89. The zero-order valence-electron chi connectivity index (χ0n) is 14.3. The SMILES string of the molecule is O=S(=O)(O)C(c1ccccc1)(c1ccc(Cl)c(O)c1)c1cc(Cl)c(O)c(Cl)c1Cl. The summed E-state index contributed by atoms with van der Waals surface area (Å²) in [5, 5.41) is 19.1. The molecule has 1 atom stereocenters. The number of halogens is 4. The lowest BCUT2D eigenvalue weighted by Crippen LogP contribution is -2.38. The van der Waals surface area contributed by atoms with Gasteiger partial charge in [-0.25, -0.2) is 0 Å². The van der Waals surface area contributed by atoms with Crippen molar-refractivity contribution in [3.05, 3.63) is 91.4 Å². The molecule has 0 aromatic heterocycles. The van der Waals surface area contributed by atoms with E-state index in [1.165, 1.54) is 24.3 Å². The van der Waals surface area contributed by atoms with E-state index in [2.05, 4.69) is 0 Å². The first-order valence-electron chi connectivity index (χ1n) is 7.90. The van der Waals surface area contributed by atoms with Crippen LogP contribution < -0.4 is 0 Å². The Morgan fingerprint density at radius 1 is 0.759 bits per heavy atom. The van der Waals surface area contributed by atoms with Crippen molar-refractivity contribution in [1.82, 2.24) is 0 Å². The molecular formula is C19H12Cl4O5S. The number of hydrogen-bond donors (Lipinski definition) is 3. The van der Waals surface area contributed by atoms with Gasteiger partial charge in [0.25, 0.3) is 10.1 Å². The van der Waals surface area contributed by atoms with E-state index >= 15 is 0 Å². The van der Waals surface area contributed by atoms with Crippen molar-refractivity contribution >= 4 is 56.5 Å². The summed E-state index contributed by atoms with van der Waals surface area (Å²) < 4.78 is 34.0. The second-order valence-corrected chi connectivity index (χ2v) is 9.20. The maximum atomic E-state index is 12.9. The summed E-state index contributed by atoms with van der Waals surface area (Å²) in [6, 6.07) is 12.4. The van der Waals surface area contributed by atoms with Crippen LogP contribution in [0.5, 0.6) is 11.5 Å². The molecule has 3 aromatic rings. The number of benzene rings is 3. The summed E-state index contributed by atoms with van der Waals surface area (Å²) >= 11 is 24.3. The van der Waals surface area contributed by atoms with Crippen molar-refractivity contribution < 1.29 is 23.2 Å². The molecule has 3 aromatic carbocycles. The van der Waals surface area contributed by atoms with Crippen LogP contribution in [0.15, 0.2) is 54.6 Å². The molecule has 0 aliphatic rings. The molecule has 5 nitrogen and oxygen atoms in total. The molecule has 0 heterocycles. The first-order valence-corrected chi connectivity index (χ1v) is 10.9. The van der Waals surface area contributed by atoms with Gasteiger partial charge in [-0.3, -0.25) is 4.55 Å². The summed E-state index contributed by atoms with van der Waals surface area (Å²) in [6.45, 7) is 0. The van der Waals surface area contributed by atoms with Gasteiger partial charge >= 0.3 is 0 Å². The van der Waals surface area contributed by atoms with Crippen LogP contribution in [-0.2, 0) is 14.9 Å². The predicted molar refractivity (Wildman–Crippen MR) is 114 cm³/mol. The van der Waals surface area contributed by atoms with E-state index in [-0.39, 0.29) is 31.8 Å². The molecule has 0 spiro atoms. The summed E-state index contributed by atoms with van der Waals surface area (Å²) in [5.41, 5.74) is -0.209. The number of hydrogen-bond acceptors (Lipinski definition) is 4. The van der Waals surface area contributed by atoms with E-state index in [4.69, 9.17) is 46.4 Å². The normalized spacial score (nSPS) is 13.8. The van der Waals surface area contributed by atoms with Gasteiger partial charge in [-0.05, 0) is 29.3 Å². The molecule has 10 heteroatoms. The number of aromatic hydroxyl groups is 2. The second-order valence-electron chi connectivity index (χ2n) is 6.07. The molecule has 1 unspecified atom stereocenters. The molecule has 0 fully saturated rings. The van der Waals surface area contributed by atoms with Crippen LogP contribution in [-0.4, -0.2) is 23.2 Å². The van der Waals surface area contributed by atoms with Gasteiger partial charge in [-0.2, -0.15) is 8.42 Å². The molecule has 0 amide bonds. The lowest BCUT2D eigenvalue weighted by Gasteiger charge is -2.33. The van der Waals surface area contributed by atoms with Crippen LogP contribution in [0.1, 0.15) is 16.7 Å². The lowest BCUT2D eigenvalue weighted by atomic mass is 9.83. The summed E-state index contributed by atoms with van der Waals surface area (Å²) in [6.07, 6.45) is 0. The van der Waals surface area contributed by atoms with E-state index < -0.39 is 31.4 Å². The molecule has 0 saturated heterocycles. The van der Waals surface area contributed by atoms with Crippen LogP contribution in [0.2, 0.25) is 20.1 Å². The summed E-state index contributed by atoms with van der Waals surface area (Å²) in [7, 11) is -5.02. The molecule has 0 radical (unpaired) electrons. The Hall–Kier alpha value is -1.67. The third-order valence-corrected chi connectivity index (χ3v) is 7.36. The van der Waals surface area contributed by atoms with Gasteiger partial charge in [-0.15, -0.1) is 0 Å². The van der Waals surface area contributed by atoms with Gasteiger partial charge in [0.2, 0.25) is 0 Å². The fourth-order valence-electron chi connectivity index (χ4n) is 3.16. The Balaban J connectivity index is 2.60. The highest BCUT2D eigenvalue weighted by Crippen LogP contribution is 2.51. The summed E-state index contributed by atoms with van der Waals surface area (Å²) in [5.74, 6) is -0.960. The van der Waals surface area contributed by atoms with Gasteiger partial charge in [0.05, 0.1) is 15.1 Å². The average molecular weight is 494 g/mol. The maximum Gasteiger partial charge on any atom is 0.283 e. The lowest BCUT2D eigenvalue weighted by molar-refractivity contribution is 0.455. The first-order chi connectivity index (χ1) is 13.5.